The van der Waals surface area contributed by atoms with Gasteiger partial charge in [-0.1, -0.05) is 31.2 Å². The molecule has 0 fully saturated rings. The van der Waals surface area contributed by atoms with Gasteiger partial charge >= 0.3 is 6.18 Å². The molecule has 0 saturated carbocycles. The molecule has 132 valence electrons. The van der Waals surface area contributed by atoms with E-state index in [0.717, 1.165) is 11.6 Å². The lowest BCUT2D eigenvalue weighted by Crippen LogP contribution is -2.49. The van der Waals surface area contributed by atoms with Gasteiger partial charge in [-0.15, -0.1) is 0 Å². The van der Waals surface area contributed by atoms with Crippen molar-refractivity contribution in [3.63, 3.8) is 0 Å². The average Bonchev–Trinajstić information content (AvgIpc) is 2.59. The molecule has 0 N–H and O–H groups in total. The summed E-state index contributed by atoms with van der Waals surface area (Å²) in [4.78, 5) is 0. The highest BCUT2D eigenvalue weighted by Gasteiger charge is 2.55. The Morgan fingerprint density at radius 1 is 1.12 bits per heavy atom. The van der Waals surface area contributed by atoms with Gasteiger partial charge in [0.05, 0.1) is 0 Å². The smallest absolute Gasteiger partial charge is 0.432 e. The van der Waals surface area contributed by atoms with E-state index < -0.39 is 11.8 Å². The monoisotopic (exact) mass is 348 g/mol. The third-order valence-corrected chi connectivity index (χ3v) is 4.30. The zero-order valence-electron chi connectivity index (χ0n) is 14.1. The zero-order valence-corrected chi connectivity index (χ0v) is 14.1. The number of hydrogen-bond acceptors (Lipinski definition) is 2. The molecule has 2 aromatic rings. The van der Waals surface area contributed by atoms with Crippen molar-refractivity contribution in [1.29, 1.82) is 0 Å². The molecule has 1 aliphatic heterocycles. The fourth-order valence-electron chi connectivity index (χ4n) is 2.89. The van der Waals surface area contributed by atoms with Gasteiger partial charge in [-0.3, -0.25) is 0 Å². The predicted molar refractivity (Wildman–Crippen MR) is 90.7 cm³/mol. The molecule has 1 unspecified atom stereocenters. The number of rotatable bonds is 4. The molecule has 0 bridgehead atoms. The lowest BCUT2D eigenvalue weighted by Gasteiger charge is -2.36. The highest BCUT2D eigenvalue weighted by Crippen LogP contribution is 2.44. The topological polar surface area (TPSA) is 18.5 Å². The second-order valence-corrected chi connectivity index (χ2v) is 6.12. The van der Waals surface area contributed by atoms with Crippen LogP contribution in [0.3, 0.4) is 0 Å². The van der Waals surface area contributed by atoms with Crippen LogP contribution in [0, 0.1) is 6.92 Å². The molecule has 1 aliphatic rings. The van der Waals surface area contributed by atoms with Gasteiger partial charge in [0.25, 0.3) is 0 Å². The summed E-state index contributed by atoms with van der Waals surface area (Å²) < 4.78 is 51.9. The summed E-state index contributed by atoms with van der Waals surface area (Å²) >= 11 is 0. The highest BCUT2D eigenvalue weighted by molar-refractivity contribution is 5.65. The number of halogens is 3. The number of ether oxygens (including phenoxy) is 2. The molecule has 5 heteroatoms. The van der Waals surface area contributed by atoms with Crippen molar-refractivity contribution in [1.82, 2.24) is 0 Å². The second-order valence-electron chi connectivity index (χ2n) is 6.12. The Morgan fingerprint density at radius 3 is 2.48 bits per heavy atom. The van der Waals surface area contributed by atoms with Gasteiger partial charge in [-0.05, 0) is 49.2 Å². The molecular formula is C20H19F3O2. The van der Waals surface area contributed by atoms with E-state index in [4.69, 9.17) is 9.47 Å². The standard InChI is InChI=1S/C20H19F3O2/c1-3-19(20(21,22)23)10-9-15-11-14(2)12-16(18(15)25-19)13-24-17-7-5-4-6-8-17/h4-12H,3,13H2,1-2H3. The molecule has 2 aromatic carbocycles. The third-order valence-electron chi connectivity index (χ3n) is 4.30. The normalized spacial score (nSPS) is 19.2. The largest absolute Gasteiger partial charge is 0.489 e. The maximum absolute atomic E-state index is 13.5. The van der Waals surface area contributed by atoms with E-state index in [1.165, 1.54) is 13.0 Å². The van der Waals surface area contributed by atoms with E-state index in [9.17, 15) is 13.2 Å². The first-order valence-corrected chi connectivity index (χ1v) is 8.11. The maximum Gasteiger partial charge on any atom is 0.432 e. The number of para-hydroxylation sites is 1. The summed E-state index contributed by atoms with van der Waals surface area (Å²) in [5.41, 5.74) is -0.114. The van der Waals surface area contributed by atoms with E-state index >= 15 is 0 Å². The molecule has 3 rings (SSSR count). The fourth-order valence-corrected chi connectivity index (χ4v) is 2.89. The molecule has 0 amide bonds. The molecule has 0 aliphatic carbocycles. The van der Waals surface area contributed by atoms with Crippen LogP contribution in [-0.2, 0) is 6.61 Å². The van der Waals surface area contributed by atoms with Gasteiger partial charge in [-0.2, -0.15) is 13.2 Å². The second kappa shape index (κ2) is 6.47. The van der Waals surface area contributed by atoms with E-state index in [-0.39, 0.29) is 18.8 Å². The minimum Gasteiger partial charge on any atom is -0.489 e. The van der Waals surface area contributed by atoms with Crippen LogP contribution in [0.2, 0.25) is 0 Å². The lowest BCUT2D eigenvalue weighted by atomic mass is 9.93. The Balaban J connectivity index is 1.95. The minimum absolute atomic E-state index is 0.138. The van der Waals surface area contributed by atoms with Gasteiger partial charge < -0.3 is 9.47 Å². The van der Waals surface area contributed by atoms with Crippen LogP contribution >= 0.6 is 0 Å². The van der Waals surface area contributed by atoms with Gasteiger partial charge in [0.15, 0.2) is 0 Å². The van der Waals surface area contributed by atoms with Crippen molar-refractivity contribution in [2.24, 2.45) is 0 Å². The van der Waals surface area contributed by atoms with Gasteiger partial charge in [0, 0.05) is 11.1 Å². The summed E-state index contributed by atoms with van der Waals surface area (Å²) in [6.45, 7) is 3.50. The highest BCUT2D eigenvalue weighted by atomic mass is 19.4. The Kier molecular flexibility index (Phi) is 4.50. The van der Waals surface area contributed by atoms with E-state index in [1.807, 2.05) is 31.2 Å². The van der Waals surface area contributed by atoms with Crippen LogP contribution in [-0.4, -0.2) is 11.8 Å². The molecule has 2 nitrogen and oxygen atoms in total. The van der Waals surface area contributed by atoms with Crippen molar-refractivity contribution in [2.75, 3.05) is 0 Å². The van der Waals surface area contributed by atoms with Crippen molar-refractivity contribution in [3.8, 4) is 11.5 Å². The quantitative estimate of drug-likeness (QED) is 0.706. The Labute approximate surface area is 144 Å². The Bertz CT molecular complexity index is 782. The van der Waals surface area contributed by atoms with Crippen LogP contribution in [0.25, 0.3) is 6.08 Å². The summed E-state index contributed by atoms with van der Waals surface area (Å²) in [6, 6.07) is 12.8. The predicted octanol–water partition coefficient (Wildman–Crippen LogP) is 5.69. The number of alkyl halides is 3. The number of fused-ring (bicyclic) bond motifs is 1. The van der Waals surface area contributed by atoms with Crippen LogP contribution in [0.4, 0.5) is 13.2 Å². The van der Waals surface area contributed by atoms with Crippen molar-refractivity contribution >= 4 is 6.08 Å². The van der Waals surface area contributed by atoms with Gasteiger partial charge in [-0.25, -0.2) is 0 Å². The molecule has 25 heavy (non-hydrogen) atoms. The molecule has 1 heterocycles. The third kappa shape index (κ3) is 3.36. The first-order chi connectivity index (χ1) is 11.8. The molecular weight excluding hydrogens is 329 g/mol. The van der Waals surface area contributed by atoms with Crippen molar-refractivity contribution < 1.29 is 22.6 Å². The zero-order chi connectivity index (χ0) is 18.1. The van der Waals surface area contributed by atoms with Crippen LogP contribution in [0.5, 0.6) is 11.5 Å². The maximum atomic E-state index is 13.5. The van der Waals surface area contributed by atoms with E-state index in [1.54, 1.807) is 18.2 Å². The first kappa shape index (κ1) is 17.4. The number of benzene rings is 2. The fraction of sp³-hybridized carbons (Fsp3) is 0.300. The van der Waals surface area contributed by atoms with Gasteiger partial charge in [0.1, 0.15) is 18.1 Å². The molecule has 0 spiro atoms. The number of hydrogen-bond donors (Lipinski definition) is 0. The minimum atomic E-state index is -4.49. The van der Waals surface area contributed by atoms with Crippen LogP contribution in [0.1, 0.15) is 30.0 Å². The molecule has 0 aromatic heterocycles. The molecule has 1 atom stereocenters. The van der Waals surface area contributed by atoms with E-state index in [0.29, 0.717) is 16.9 Å². The molecule has 0 radical (unpaired) electrons. The molecule has 0 saturated heterocycles. The summed E-state index contributed by atoms with van der Waals surface area (Å²) in [5.74, 6) is 0.893. The van der Waals surface area contributed by atoms with Crippen LogP contribution in [0.15, 0.2) is 48.5 Å². The summed E-state index contributed by atoms with van der Waals surface area (Å²) in [6.07, 6.45) is -2.08. The van der Waals surface area contributed by atoms with Crippen LogP contribution < -0.4 is 9.47 Å². The summed E-state index contributed by atoms with van der Waals surface area (Å²) in [7, 11) is 0. The lowest BCUT2D eigenvalue weighted by molar-refractivity contribution is -0.230. The SMILES string of the molecule is CCC1(C(F)(F)F)C=Cc2cc(C)cc(COc3ccccc3)c2O1. The van der Waals surface area contributed by atoms with Crippen molar-refractivity contribution in [2.45, 2.75) is 38.7 Å². The number of aryl methyl sites for hydroxylation is 1. The Morgan fingerprint density at radius 2 is 1.84 bits per heavy atom. The summed E-state index contributed by atoms with van der Waals surface area (Å²) in [5, 5.41) is 0. The first-order valence-electron chi connectivity index (χ1n) is 8.11. The van der Waals surface area contributed by atoms with Gasteiger partial charge in [0.2, 0.25) is 5.60 Å². The average molecular weight is 348 g/mol. The van der Waals surface area contributed by atoms with E-state index in [2.05, 4.69) is 0 Å². The Hall–Kier alpha value is -2.43. The van der Waals surface area contributed by atoms with Crippen molar-refractivity contribution in [3.05, 3.63) is 65.2 Å².